The van der Waals surface area contributed by atoms with E-state index in [-0.39, 0.29) is 18.6 Å². The highest BCUT2D eigenvalue weighted by atomic mass is 35.5. The number of benzene rings is 2. The van der Waals surface area contributed by atoms with E-state index in [4.69, 9.17) is 25.8 Å². The second kappa shape index (κ2) is 6.68. The third kappa shape index (κ3) is 2.78. The van der Waals surface area contributed by atoms with Crippen LogP contribution < -0.4 is 19.5 Å². The maximum absolute atomic E-state index is 12.5. The van der Waals surface area contributed by atoms with Crippen LogP contribution in [0, 0.1) is 0 Å². The number of carbonyl (C=O) groups excluding carboxylic acids is 1. The first-order chi connectivity index (χ1) is 13.6. The first-order valence-electron chi connectivity index (χ1n) is 8.67. The number of aromatic nitrogens is 1. The monoisotopic (exact) mass is 414 g/mol. The number of nitrogens with one attached hydrogen (secondary N) is 1. The van der Waals surface area contributed by atoms with Crippen molar-refractivity contribution in [3.63, 3.8) is 0 Å². The molecule has 0 spiro atoms. The molecule has 6 nitrogen and oxygen atoms in total. The highest BCUT2D eigenvalue weighted by molar-refractivity contribution is 7.07. The van der Waals surface area contributed by atoms with Gasteiger partial charge in [-0.25, -0.2) is 0 Å². The summed E-state index contributed by atoms with van der Waals surface area (Å²) in [6.45, 7) is 0.160. The van der Waals surface area contributed by atoms with E-state index < -0.39 is 0 Å². The maximum atomic E-state index is 12.5. The molecule has 5 rings (SSSR count). The third-order valence-electron chi connectivity index (χ3n) is 4.89. The molecule has 2 aliphatic rings. The molecule has 0 radical (unpaired) electrons. The Morgan fingerprint density at radius 3 is 2.86 bits per heavy atom. The number of fused-ring (bicyclic) bond motifs is 2. The Kier molecular flexibility index (Phi) is 4.14. The molecule has 1 amide bonds. The van der Waals surface area contributed by atoms with Gasteiger partial charge in [0.2, 0.25) is 18.4 Å². The van der Waals surface area contributed by atoms with Crippen molar-refractivity contribution in [2.75, 3.05) is 19.2 Å². The molecule has 0 fully saturated rings. The van der Waals surface area contributed by atoms with Crippen molar-refractivity contribution < 1.29 is 19.0 Å². The van der Waals surface area contributed by atoms with Crippen LogP contribution in [0.3, 0.4) is 0 Å². The van der Waals surface area contributed by atoms with Gasteiger partial charge in [-0.05, 0) is 41.4 Å². The Morgan fingerprint density at radius 2 is 2.07 bits per heavy atom. The van der Waals surface area contributed by atoms with Crippen molar-refractivity contribution in [2.45, 2.75) is 12.3 Å². The summed E-state index contributed by atoms with van der Waals surface area (Å²) in [5.74, 6) is 1.64. The van der Waals surface area contributed by atoms with E-state index >= 15 is 0 Å². The molecule has 1 unspecified atom stereocenters. The molecular weight excluding hydrogens is 400 g/mol. The number of rotatable bonds is 3. The molecule has 0 saturated carbocycles. The number of hydrogen-bond acceptors (Lipinski definition) is 6. The first kappa shape index (κ1) is 17.3. The van der Waals surface area contributed by atoms with E-state index in [0.29, 0.717) is 28.7 Å². The van der Waals surface area contributed by atoms with E-state index in [9.17, 15) is 4.79 Å². The molecule has 28 heavy (non-hydrogen) atoms. The van der Waals surface area contributed by atoms with Gasteiger partial charge in [-0.15, -0.1) is 0 Å². The van der Waals surface area contributed by atoms with Crippen LogP contribution in [0.1, 0.15) is 22.8 Å². The second-order valence-electron chi connectivity index (χ2n) is 6.54. The number of carbonyl (C=O) groups is 1. The fraction of sp³-hybridized carbons (Fsp3) is 0.200. The largest absolute Gasteiger partial charge is 0.493 e. The summed E-state index contributed by atoms with van der Waals surface area (Å²) in [7, 11) is 1.59. The van der Waals surface area contributed by atoms with Gasteiger partial charge in [0.1, 0.15) is 5.69 Å². The van der Waals surface area contributed by atoms with Gasteiger partial charge >= 0.3 is 0 Å². The predicted octanol–water partition coefficient (Wildman–Crippen LogP) is 4.67. The fourth-order valence-electron chi connectivity index (χ4n) is 3.56. The van der Waals surface area contributed by atoms with E-state index in [0.717, 1.165) is 27.4 Å². The minimum Gasteiger partial charge on any atom is -0.493 e. The van der Waals surface area contributed by atoms with Gasteiger partial charge in [0, 0.05) is 22.9 Å². The Labute approximate surface area is 170 Å². The van der Waals surface area contributed by atoms with E-state index in [2.05, 4.69) is 9.69 Å². The molecule has 1 atom stereocenters. The molecule has 0 saturated heterocycles. The van der Waals surface area contributed by atoms with Gasteiger partial charge in [-0.2, -0.15) is 4.37 Å². The quantitative estimate of drug-likeness (QED) is 0.674. The number of halogens is 1. The lowest BCUT2D eigenvalue weighted by atomic mass is 9.89. The van der Waals surface area contributed by atoms with Crippen LogP contribution >= 0.6 is 23.1 Å². The van der Waals surface area contributed by atoms with Crippen molar-refractivity contribution in [3.05, 3.63) is 51.9 Å². The van der Waals surface area contributed by atoms with Crippen molar-refractivity contribution in [3.8, 4) is 28.5 Å². The van der Waals surface area contributed by atoms with Crippen molar-refractivity contribution in [1.82, 2.24) is 4.37 Å². The normalized spacial score (nSPS) is 17.2. The summed E-state index contributed by atoms with van der Waals surface area (Å²) in [4.78, 5) is 13.5. The summed E-state index contributed by atoms with van der Waals surface area (Å²) in [6.07, 6.45) is 0.331. The Bertz CT molecular complexity index is 1080. The second-order valence-corrected chi connectivity index (χ2v) is 7.78. The molecular formula is C20H15ClN2O4S. The molecule has 8 heteroatoms. The molecule has 2 aliphatic heterocycles. The number of amides is 1. The summed E-state index contributed by atoms with van der Waals surface area (Å²) >= 11 is 7.39. The van der Waals surface area contributed by atoms with Crippen LogP contribution in [-0.2, 0) is 4.79 Å². The standard InChI is InChI=1S/C20H15ClN2O4S/c1-25-14-6-11(7-15-19(14)27-9-26-15)13-8-16(24)22-18-17(23-28-20(13)18)10-2-4-12(21)5-3-10/h2-7,13H,8-9H2,1H3,(H,22,24). The minimum absolute atomic E-state index is 0.0513. The third-order valence-corrected chi connectivity index (χ3v) is 6.10. The Balaban J connectivity index is 1.61. The SMILES string of the molecule is COc1cc(C2CC(=O)Nc3c(-c4ccc(Cl)cc4)nsc32)cc2c1OCO2. The van der Waals surface area contributed by atoms with Gasteiger partial charge < -0.3 is 19.5 Å². The lowest BCUT2D eigenvalue weighted by Crippen LogP contribution is -2.22. The molecule has 2 aromatic carbocycles. The van der Waals surface area contributed by atoms with Crippen LogP contribution in [0.15, 0.2) is 36.4 Å². The molecule has 3 heterocycles. The zero-order valence-electron chi connectivity index (χ0n) is 14.8. The van der Waals surface area contributed by atoms with E-state index in [1.165, 1.54) is 11.5 Å². The molecule has 0 aliphatic carbocycles. The fourth-order valence-corrected chi connectivity index (χ4v) is 4.65. The first-order valence-corrected chi connectivity index (χ1v) is 9.82. The highest BCUT2D eigenvalue weighted by Crippen LogP contribution is 2.49. The number of hydrogen-bond donors (Lipinski definition) is 1. The molecule has 1 aromatic heterocycles. The topological polar surface area (TPSA) is 69.7 Å². The Morgan fingerprint density at radius 1 is 1.25 bits per heavy atom. The van der Waals surface area contributed by atoms with Gasteiger partial charge in [0.05, 0.1) is 17.7 Å². The van der Waals surface area contributed by atoms with Gasteiger partial charge in [-0.1, -0.05) is 23.7 Å². The highest BCUT2D eigenvalue weighted by Gasteiger charge is 2.33. The van der Waals surface area contributed by atoms with Gasteiger partial charge in [0.25, 0.3) is 0 Å². The molecule has 1 N–H and O–H groups in total. The van der Waals surface area contributed by atoms with Crippen LogP contribution in [0.2, 0.25) is 5.02 Å². The van der Waals surface area contributed by atoms with Crippen molar-refractivity contribution in [1.29, 1.82) is 0 Å². The number of anilines is 1. The summed E-state index contributed by atoms with van der Waals surface area (Å²) in [5, 5.41) is 3.65. The average Bonchev–Trinajstić information content (AvgIpc) is 3.34. The molecule has 3 aromatic rings. The van der Waals surface area contributed by atoms with Gasteiger partial charge in [-0.3, -0.25) is 4.79 Å². The molecule has 142 valence electrons. The van der Waals surface area contributed by atoms with Crippen LogP contribution in [0.25, 0.3) is 11.3 Å². The zero-order valence-corrected chi connectivity index (χ0v) is 16.4. The minimum atomic E-state index is -0.134. The summed E-state index contributed by atoms with van der Waals surface area (Å²) < 4.78 is 21.1. The summed E-state index contributed by atoms with van der Waals surface area (Å²) in [5.41, 5.74) is 3.35. The van der Waals surface area contributed by atoms with Crippen LogP contribution in [0.5, 0.6) is 17.2 Å². The lowest BCUT2D eigenvalue weighted by molar-refractivity contribution is -0.116. The van der Waals surface area contributed by atoms with Crippen LogP contribution in [-0.4, -0.2) is 24.2 Å². The summed E-state index contributed by atoms with van der Waals surface area (Å²) in [6, 6.07) is 11.2. The lowest BCUT2D eigenvalue weighted by Gasteiger charge is -2.23. The van der Waals surface area contributed by atoms with Crippen molar-refractivity contribution in [2.24, 2.45) is 0 Å². The maximum Gasteiger partial charge on any atom is 0.231 e. The van der Waals surface area contributed by atoms with E-state index in [1.807, 2.05) is 36.4 Å². The predicted molar refractivity (Wildman–Crippen MR) is 107 cm³/mol. The number of nitrogens with zero attached hydrogens (tertiary/aromatic N) is 1. The smallest absolute Gasteiger partial charge is 0.231 e. The van der Waals surface area contributed by atoms with Crippen LogP contribution in [0.4, 0.5) is 5.69 Å². The van der Waals surface area contributed by atoms with Gasteiger partial charge in [0.15, 0.2) is 11.5 Å². The average molecular weight is 415 g/mol. The Hall–Kier alpha value is -2.77. The molecule has 0 bridgehead atoms. The van der Waals surface area contributed by atoms with E-state index in [1.54, 1.807) is 7.11 Å². The number of ether oxygens (including phenoxy) is 3. The van der Waals surface area contributed by atoms with Crippen molar-refractivity contribution >= 4 is 34.7 Å². The zero-order chi connectivity index (χ0) is 19.3. The number of methoxy groups -OCH3 is 1.